The lowest BCUT2D eigenvalue weighted by Crippen LogP contribution is -2.27. The molecule has 1 N–H and O–H groups in total. The molecule has 0 unspecified atom stereocenters. The molecule has 1 rings (SSSR count). The first-order chi connectivity index (χ1) is 9.13. The number of ether oxygens (including phenoxy) is 2. The maximum Gasteiger partial charge on any atom is 0.224 e. The summed E-state index contributed by atoms with van der Waals surface area (Å²) in [6.45, 7) is 5.31. The molecule has 19 heavy (non-hydrogen) atoms. The largest absolute Gasteiger partial charge is 0.496 e. The van der Waals surface area contributed by atoms with Crippen LogP contribution in [0.5, 0.6) is 5.75 Å². The first-order valence-electron chi connectivity index (χ1n) is 6.63. The van der Waals surface area contributed by atoms with Crippen molar-refractivity contribution in [3.05, 3.63) is 29.8 Å². The van der Waals surface area contributed by atoms with Gasteiger partial charge in [0.05, 0.1) is 19.6 Å². The van der Waals surface area contributed by atoms with E-state index in [-0.39, 0.29) is 12.0 Å². The summed E-state index contributed by atoms with van der Waals surface area (Å²) in [6.07, 6.45) is 1.41. The molecular formula is C15H23NO3. The van der Waals surface area contributed by atoms with Gasteiger partial charge < -0.3 is 14.8 Å². The van der Waals surface area contributed by atoms with Crippen molar-refractivity contribution in [1.82, 2.24) is 5.32 Å². The molecule has 0 saturated carbocycles. The second kappa shape index (κ2) is 8.53. The number of carbonyl (C=O) groups is 1. The Hall–Kier alpha value is -1.55. The van der Waals surface area contributed by atoms with E-state index in [1.54, 1.807) is 7.11 Å². The van der Waals surface area contributed by atoms with Gasteiger partial charge in [-0.3, -0.25) is 4.79 Å². The summed E-state index contributed by atoms with van der Waals surface area (Å²) < 4.78 is 10.6. The van der Waals surface area contributed by atoms with Crippen molar-refractivity contribution < 1.29 is 14.3 Å². The molecule has 0 aliphatic carbocycles. The minimum atomic E-state index is 0.00838. The highest BCUT2D eigenvalue weighted by Gasteiger charge is 2.07. The molecule has 0 radical (unpaired) electrons. The van der Waals surface area contributed by atoms with E-state index in [1.165, 1.54) is 0 Å². The van der Waals surface area contributed by atoms with Crippen LogP contribution in [-0.4, -0.2) is 32.3 Å². The highest BCUT2D eigenvalue weighted by Crippen LogP contribution is 2.17. The first-order valence-corrected chi connectivity index (χ1v) is 6.63. The Bertz CT molecular complexity index is 391. The molecule has 1 aromatic carbocycles. The summed E-state index contributed by atoms with van der Waals surface area (Å²) in [4.78, 5) is 11.8. The summed E-state index contributed by atoms with van der Waals surface area (Å²) in [7, 11) is 1.61. The summed E-state index contributed by atoms with van der Waals surface area (Å²) in [6, 6.07) is 7.56. The number of nitrogens with one attached hydrogen (secondary N) is 1. The van der Waals surface area contributed by atoms with Gasteiger partial charge in [-0.15, -0.1) is 0 Å². The molecule has 0 saturated heterocycles. The Morgan fingerprint density at radius 2 is 2.05 bits per heavy atom. The van der Waals surface area contributed by atoms with Gasteiger partial charge in [-0.1, -0.05) is 18.2 Å². The molecule has 106 valence electrons. The van der Waals surface area contributed by atoms with Crippen molar-refractivity contribution in [2.75, 3.05) is 20.3 Å². The van der Waals surface area contributed by atoms with Crippen molar-refractivity contribution in [2.45, 2.75) is 32.8 Å². The predicted octanol–water partition coefficient (Wildman–Crippen LogP) is 2.17. The van der Waals surface area contributed by atoms with Crippen LogP contribution in [0.25, 0.3) is 0 Å². The molecule has 0 fully saturated rings. The van der Waals surface area contributed by atoms with Crippen LogP contribution in [0.3, 0.4) is 0 Å². The fraction of sp³-hybridized carbons (Fsp3) is 0.533. The molecule has 0 aromatic heterocycles. The number of benzene rings is 1. The summed E-state index contributed by atoms with van der Waals surface area (Å²) in [5.74, 6) is 0.759. The topological polar surface area (TPSA) is 47.6 Å². The minimum absolute atomic E-state index is 0.00838. The van der Waals surface area contributed by atoms with Crippen molar-refractivity contribution in [3.8, 4) is 5.75 Å². The average Bonchev–Trinajstić information content (AvgIpc) is 2.38. The molecule has 0 aliphatic heterocycles. The van der Waals surface area contributed by atoms with E-state index in [4.69, 9.17) is 9.47 Å². The number of para-hydroxylation sites is 1. The molecule has 0 aliphatic rings. The lowest BCUT2D eigenvalue weighted by atomic mass is 10.1. The van der Waals surface area contributed by atoms with Crippen LogP contribution in [-0.2, 0) is 16.0 Å². The van der Waals surface area contributed by atoms with Gasteiger partial charge in [0.2, 0.25) is 5.91 Å². The Kier molecular flexibility index (Phi) is 6.97. The number of rotatable bonds is 8. The second-order valence-corrected chi connectivity index (χ2v) is 4.61. The third-order valence-corrected chi connectivity index (χ3v) is 2.64. The lowest BCUT2D eigenvalue weighted by molar-refractivity contribution is -0.120. The molecular weight excluding hydrogens is 242 g/mol. The molecule has 1 amide bonds. The molecule has 1 aromatic rings. The van der Waals surface area contributed by atoms with E-state index in [2.05, 4.69) is 5.32 Å². The third kappa shape index (κ3) is 6.25. The van der Waals surface area contributed by atoms with E-state index < -0.39 is 0 Å². The Morgan fingerprint density at radius 3 is 2.74 bits per heavy atom. The van der Waals surface area contributed by atoms with Crippen LogP contribution in [0.1, 0.15) is 25.8 Å². The van der Waals surface area contributed by atoms with Gasteiger partial charge >= 0.3 is 0 Å². The molecule has 4 nitrogen and oxygen atoms in total. The van der Waals surface area contributed by atoms with E-state index >= 15 is 0 Å². The third-order valence-electron chi connectivity index (χ3n) is 2.64. The Morgan fingerprint density at radius 1 is 1.32 bits per heavy atom. The monoisotopic (exact) mass is 265 g/mol. The highest BCUT2D eigenvalue weighted by atomic mass is 16.5. The van der Waals surface area contributed by atoms with Crippen molar-refractivity contribution in [2.24, 2.45) is 0 Å². The van der Waals surface area contributed by atoms with E-state index in [1.807, 2.05) is 38.1 Å². The summed E-state index contributed by atoms with van der Waals surface area (Å²) in [5, 5.41) is 2.88. The zero-order valence-corrected chi connectivity index (χ0v) is 11.9. The zero-order chi connectivity index (χ0) is 14.1. The summed E-state index contributed by atoms with van der Waals surface area (Å²) >= 11 is 0. The SMILES string of the molecule is COc1ccccc1CC(=O)NCCCOC(C)C. The van der Waals surface area contributed by atoms with Crippen LogP contribution in [0.4, 0.5) is 0 Å². The zero-order valence-electron chi connectivity index (χ0n) is 11.9. The van der Waals surface area contributed by atoms with Crippen LogP contribution >= 0.6 is 0 Å². The molecule has 4 heteroatoms. The standard InChI is InChI=1S/C15H23NO3/c1-12(2)19-10-6-9-16-15(17)11-13-7-4-5-8-14(13)18-3/h4-5,7-8,12H,6,9-11H2,1-3H3,(H,16,17). The fourth-order valence-electron chi connectivity index (χ4n) is 1.70. The molecule has 0 spiro atoms. The number of methoxy groups -OCH3 is 1. The highest BCUT2D eigenvalue weighted by molar-refractivity contribution is 5.79. The van der Waals surface area contributed by atoms with Gasteiger partial charge in [0.1, 0.15) is 5.75 Å². The smallest absolute Gasteiger partial charge is 0.224 e. The number of amides is 1. The molecule has 0 bridgehead atoms. The van der Waals surface area contributed by atoms with E-state index in [0.29, 0.717) is 19.6 Å². The second-order valence-electron chi connectivity index (χ2n) is 4.61. The maximum atomic E-state index is 11.8. The van der Waals surface area contributed by atoms with Crippen molar-refractivity contribution in [3.63, 3.8) is 0 Å². The van der Waals surface area contributed by atoms with Crippen molar-refractivity contribution >= 4 is 5.91 Å². The number of carbonyl (C=O) groups excluding carboxylic acids is 1. The maximum absolute atomic E-state index is 11.8. The van der Waals surface area contributed by atoms with Crippen LogP contribution in [0, 0.1) is 0 Å². The Balaban J connectivity index is 2.27. The number of hydrogen-bond donors (Lipinski definition) is 1. The van der Waals surface area contributed by atoms with Crippen LogP contribution in [0.15, 0.2) is 24.3 Å². The average molecular weight is 265 g/mol. The van der Waals surface area contributed by atoms with Crippen molar-refractivity contribution in [1.29, 1.82) is 0 Å². The predicted molar refractivity (Wildman–Crippen MR) is 75.4 cm³/mol. The van der Waals surface area contributed by atoms with Crippen LogP contribution in [0.2, 0.25) is 0 Å². The van der Waals surface area contributed by atoms with E-state index in [9.17, 15) is 4.79 Å². The van der Waals surface area contributed by atoms with Gasteiger partial charge in [-0.25, -0.2) is 0 Å². The van der Waals surface area contributed by atoms with Gasteiger partial charge in [0.15, 0.2) is 0 Å². The van der Waals surface area contributed by atoms with Gasteiger partial charge in [0.25, 0.3) is 0 Å². The minimum Gasteiger partial charge on any atom is -0.496 e. The molecule has 0 heterocycles. The Labute approximate surface area is 115 Å². The molecule has 0 atom stereocenters. The lowest BCUT2D eigenvalue weighted by Gasteiger charge is -2.10. The normalized spacial score (nSPS) is 10.5. The first kappa shape index (κ1) is 15.5. The fourth-order valence-corrected chi connectivity index (χ4v) is 1.70. The number of hydrogen-bond acceptors (Lipinski definition) is 3. The quantitative estimate of drug-likeness (QED) is 0.733. The van der Waals surface area contributed by atoms with Gasteiger partial charge in [-0.2, -0.15) is 0 Å². The van der Waals surface area contributed by atoms with Crippen LogP contribution < -0.4 is 10.1 Å². The summed E-state index contributed by atoms with van der Waals surface area (Å²) in [5.41, 5.74) is 0.904. The van der Waals surface area contributed by atoms with E-state index in [0.717, 1.165) is 17.7 Å². The van der Waals surface area contributed by atoms with Gasteiger partial charge in [-0.05, 0) is 26.3 Å². The van der Waals surface area contributed by atoms with Gasteiger partial charge in [0, 0.05) is 18.7 Å².